The van der Waals surface area contributed by atoms with Crippen LogP contribution in [0, 0.1) is 22.7 Å². The second kappa shape index (κ2) is 6.94. The highest BCUT2D eigenvalue weighted by Gasteiger charge is 2.33. The third-order valence-electron chi connectivity index (χ3n) is 2.29. The molecule has 110 valence electrons. The number of benzene rings is 1. The second-order valence-corrected chi connectivity index (χ2v) is 5.41. The van der Waals surface area contributed by atoms with Crippen molar-refractivity contribution in [2.45, 2.75) is 12.3 Å². The number of hydrogen-bond donors (Lipinski definition) is 2. The predicted octanol–water partition coefficient (Wildman–Crippen LogP) is 3.93. The molecule has 1 aromatic rings. The summed E-state index contributed by atoms with van der Waals surface area (Å²) in [5.74, 6) is 0. The van der Waals surface area contributed by atoms with E-state index >= 15 is 0 Å². The largest absolute Gasteiger partial charge is 0.417 e. The lowest BCUT2D eigenvalue weighted by molar-refractivity contribution is -0.138. The fourth-order valence-corrected chi connectivity index (χ4v) is 2.61. The summed E-state index contributed by atoms with van der Waals surface area (Å²) < 4.78 is 38.5. The molecule has 1 atom stereocenters. The van der Waals surface area contributed by atoms with E-state index in [1.54, 1.807) is 6.07 Å². The maximum atomic E-state index is 12.8. The van der Waals surface area contributed by atoms with Gasteiger partial charge in [-0.1, -0.05) is 15.9 Å². The van der Waals surface area contributed by atoms with E-state index in [2.05, 4.69) is 37.2 Å². The van der Waals surface area contributed by atoms with Crippen LogP contribution in [0.1, 0.15) is 5.56 Å². The number of halogens is 5. The first-order chi connectivity index (χ1) is 9.70. The molecular weight excluding hydrogens is 419 g/mol. The van der Waals surface area contributed by atoms with Crippen LogP contribution in [0.25, 0.3) is 0 Å². The van der Waals surface area contributed by atoms with Crippen LogP contribution in [0.2, 0.25) is 0 Å². The van der Waals surface area contributed by atoms with E-state index in [1.165, 1.54) is 12.1 Å². The summed E-state index contributed by atoms with van der Waals surface area (Å²) >= 11 is 5.89. The smallest absolute Gasteiger partial charge is 0.373 e. The third-order valence-corrected chi connectivity index (χ3v) is 3.60. The Balaban J connectivity index is 3.19. The van der Waals surface area contributed by atoms with Crippen molar-refractivity contribution in [2.24, 2.45) is 0 Å². The summed E-state index contributed by atoms with van der Waals surface area (Å²) in [6.07, 6.45) is -5.23. The second-order valence-electron chi connectivity index (χ2n) is 3.70. The fourth-order valence-electron chi connectivity index (χ4n) is 1.27. The first kappa shape index (κ1) is 17.5. The van der Waals surface area contributed by atoms with Crippen LogP contribution < -0.4 is 5.32 Å². The zero-order valence-electron chi connectivity index (χ0n) is 10.0. The van der Waals surface area contributed by atoms with Gasteiger partial charge in [0, 0.05) is 15.1 Å². The van der Waals surface area contributed by atoms with Crippen molar-refractivity contribution in [3.8, 4) is 12.1 Å². The Morgan fingerprint density at radius 1 is 1.29 bits per heavy atom. The number of hydrogen-bond acceptors (Lipinski definition) is 4. The van der Waals surface area contributed by atoms with Gasteiger partial charge in [-0.3, -0.25) is 0 Å². The van der Waals surface area contributed by atoms with E-state index in [4.69, 9.17) is 10.5 Å². The molecule has 0 saturated heterocycles. The maximum absolute atomic E-state index is 12.8. The number of rotatable bonds is 3. The number of nitriles is 2. The van der Waals surface area contributed by atoms with Gasteiger partial charge in [0.15, 0.2) is 6.10 Å². The van der Waals surface area contributed by atoms with Crippen molar-refractivity contribution >= 4 is 37.5 Å². The van der Waals surface area contributed by atoms with Crippen molar-refractivity contribution in [3.05, 3.63) is 38.4 Å². The summed E-state index contributed by atoms with van der Waals surface area (Å²) in [5, 5.41) is 28.9. The number of aliphatic hydroxyl groups is 1. The Labute approximate surface area is 134 Å². The molecular formula is C12H6Br2F3N3O. The summed E-state index contributed by atoms with van der Waals surface area (Å²) in [4.78, 5) is 0. The van der Waals surface area contributed by atoms with Crippen molar-refractivity contribution in [2.75, 3.05) is 5.32 Å². The fraction of sp³-hybridized carbons (Fsp3) is 0.167. The summed E-state index contributed by atoms with van der Waals surface area (Å²) in [5.41, 5.74) is -1.19. The Morgan fingerprint density at radius 2 is 1.90 bits per heavy atom. The maximum Gasteiger partial charge on any atom is 0.417 e. The molecule has 9 heteroatoms. The van der Waals surface area contributed by atoms with Crippen molar-refractivity contribution in [1.82, 2.24) is 0 Å². The summed E-state index contributed by atoms with van der Waals surface area (Å²) in [7, 11) is 0. The van der Waals surface area contributed by atoms with Crippen molar-refractivity contribution < 1.29 is 18.3 Å². The van der Waals surface area contributed by atoms with Crippen LogP contribution in [0.4, 0.5) is 18.9 Å². The van der Waals surface area contributed by atoms with E-state index in [0.29, 0.717) is 4.47 Å². The molecule has 1 aromatic carbocycles. The van der Waals surface area contributed by atoms with Gasteiger partial charge in [-0.25, -0.2) is 0 Å². The molecule has 0 heterocycles. The zero-order valence-corrected chi connectivity index (χ0v) is 13.2. The predicted molar refractivity (Wildman–Crippen MR) is 75.8 cm³/mol. The van der Waals surface area contributed by atoms with Gasteiger partial charge in [-0.2, -0.15) is 23.7 Å². The van der Waals surface area contributed by atoms with Gasteiger partial charge in [0.2, 0.25) is 0 Å². The Morgan fingerprint density at radius 3 is 2.38 bits per heavy atom. The van der Waals surface area contributed by atoms with Crippen molar-refractivity contribution in [1.29, 1.82) is 10.5 Å². The molecule has 0 fully saturated rings. The van der Waals surface area contributed by atoms with Crippen LogP contribution >= 0.6 is 31.9 Å². The van der Waals surface area contributed by atoms with E-state index in [0.717, 1.165) is 12.3 Å². The van der Waals surface area contributed by atoms with Gasteiger partial charge >= 0.3 is 6.18 Å². The molecule has 0 aliphatic heterocycles. The molecule has 0 spiro atoms. The SMILES string of the molecule is N#CC(=CNc1cc(C(F)(F)F)c(Br)cc1Br)C(O)C#N. The summed E-state index contributed by atoms with van der Waals surface area (Å²) in [6, 6.07) is 5.05. The number of anilines is 1. The number of aliphatic hydroxyl groups excluding tert-OH is 1. The van der Waals surface area contributed by atoms with Gasteiger partial charge in [-0.05, 0) is 28.1 Å². The average Bonchev–Trinajstić information content (AvgIpc) is 2.39. The van der Waals surface area contributed by atoms with Crippen LogP contribution in [-0.2, 0) is 6.18 Å². The van der Waals surface area contributed by atoms with E-state index < -0.39 is 17.8 Å². The van der Waals surface area contributed by atoms with Gasteiger partial charge < -0.3 is 10.4 Å². The molecule has 0 aliphatic rings. The molecule has 0 aliphatic carbocycles. The number of nitrogens with zero attached hydrogens (tertiary/aromatic N) is 2. The minimum atomic E-state index is -4.55. The molecule has 4 nitrogen and oxygen atoms in total. The monoisotopic (exact) mass is 423 g/mol. The molecule has 1 unspecified atom stereocenters. The number of nitrogens with one attached hydrogen (secondary N) is 1. The van der Waals surface area contributed by atoms with Crippen LogP contribution in [-0.4, -0.2) is 11.2 Å². The standard InChI is InChI=1S/C12H6Br2F3N3O/c13-8-2-9(14)10(1-7(8)12(15,16)17)20-5-6(3-18)11(21)4-19/h1-2,5,11,20-21H. The highest BCUT2D eigenvalue weighted by molar-refractivity contribution is 9.11. The molecule has 0 aromatic heterocycles. The third kappa shape index (κ3) is 4.46. The molecule has 0 radical (unpaired) electrons. The highest BCUT2D eigenvalue weighted by Crippen LogP contribution is 2.39. The molecule has 0 bridgehead atoms. The quantitative estimate of drug-likeness (QED) is 0.569. The first-order valence-corrected chi connectivity index (χ1v) is 6.80. The Bertz CT molecular complexity index is 659. The molecule has 1 rings (SSSR count). The van der Waals surface area contributed by atoms with E-state index in [-0.39, 0.29) is 15.7 Å². The number of alkyl halides is 3. The van der Waals surface area contributed by atoms with Crippen LogP contribution in [0.5, 0.6) is 0 Å². The van der Waals surface area contributed by atoms with Gasteiger partial charge in [0.05, 0.1) is 22.9 Å². The normalized spacial score (nSPS) is 13.2. The van der Waals surface area contributed by atoms with Gasteiger partial charge in [0.25, 0.3) is 0 Å². The summed E-state index contributed by atoms with van der Waals surface area (Å²) in [6.45, 7) is 0. The van der Waals surface area contributed by atoms with E-state index in [1.807, 2.05) is 0 Å². The molecule has 2 N–H and O–H groups in total. The lowest BCUT2D eigenvalue weighted by Gasteiger charge is -2.13. The minimum absolute atomic E-state index is 0.0309. The molecule has 21 heavy (non-hydrogen) atoms. The van der Waals surface area contributed by atoms with Crippen molar-refractivity contribution in [3.63, 3.8) is 0 Å². The molecule has 0 amide bonds. The highest BCUT2D eigenvalue weighted by atomic mass is 79.9. The Kier molecular flexibility index (Phi) is 5.78. The van der Waals surface area contributed by atoms with Crippen LogP contribution in [0.3, 0.4) is 0 Å². The average molecular weight is 425 g/mol. The van der Waals surface area contributed by atoms with Gasteiger partial charge in [-0.15, -0.1) is 0 Å². The first-order valence-electron chi connectivity index (χ1n) is 5.21. The van der Waals surface area contributed by atoms with Crippen LogP contribution in [0.15, 0.2) is 32.9 Å². The zero-order chi connectivity index (χ0) is 16.2. The Hall–Kier alpha value is -1.55. The minimum Gasteiger partial charge on any atom is -0.373 e. The van der Waals surface area contributed by atoms with E-state index in [9.17, 15) is 18.3 Å². The lowest BCUT2D eigenvalue weighted by Crippen LogP contribution is -2.09. The topological polar surface area (TPSA) is 79.8 Å². The lowest BCUT2D eigenvalue weighted by atomic mass is 10.2. The van der Waals surface area contributed by atoms with Gasteiger partial charge in [0.1, 0.15) is 6.07 Å². The molecule has 0 saturated carbocycles.